The molecule has 3 aliphatic heterocycles. The Kier molecular flexibility index (Phi) is 5.09. The van der Waals surface area contributed by atoms with Crippen LogP contribution in [0.15, 0.2) is 48.8 Å². The zero-order valence-corrected chi connectivity index (χ0v) is 15.2. The van der Waals surface area contributed by atoms with Crippen molar-refractivity contribution in [3.8, 4) is 0 Å². The molecular formula is C20H22ClN3O2. The molecule has 5 nitrogen and oxygen atoms in total. The van der Waals surface area contributed by atoms with E-state index in [2.05, 4.69) is 21.3 Å². The van der Waals surface area contributed by atoms with Crippen LogP contribution in [0, 0.1) is 5.92 Å². The summed E-state index contributed by atoms with van der Waals surface area (Å²) in [4.78, 5) is 19.1. The molecule has 0 saturated carbocycles. The number of halogens is 1. The molecule has 0 unspecified atom stereocenters. The molecule has 0 radical (unpaired) electrons. The first kappa shape index (κ1) is 17.3. The zero-order chi connectivity index (χ0) is 17.9. The van der Waals surface area contributed by atoms with E-state index in [1.54, 1.807) is 30.5 Å². The lowest BCUT2D eigenvalue weighted by Gasteiger charge is -2.50. The second-order valence-corrected chi connectivity index (χ2v) is 7.44. The molecule has 1 aromatic heterocycles. The number of pyridine rings is 1. The molecule has 3 saturated heterocycles. The summed E-state index contributed by atoms with van der Waals surface area (Å²) in [6.07, 6.45) is 6.21. The molecule has 2 bridgehead atoms. The fraction of sp³-hybridized carbons (Fsp3) is 0.400. The maximum absolute atomic E-state index is 12.4. The van der Waals surface area contributed by atoms with Crippen molar-refractivity contribution in [1.29, 1.82) is 0 Å². The van der Waals surface area contributed by atoms with Crippen LogP contribution in [-0.4, -0.2) is 41.2 Å². The zero-order valence-electron chi connectivity index (χ0n) is 14.5. The number of aromatic nitrogens is 1. The first-order chi connectivity index (χ1) is 12.7. The molecule has 136 valence electrons. The van der Waals surface area contributed by atoms with Gasteiger partial charge in [-0.15, -0.1) is 0 Å². The van der Waals surface area contributed by atoms with Gasteiger partial charge in [-0.3, -0.25) is 15.2 Å². The number of piperidine rings is 3. The van der Waals surface area contributed by atoms with E-state index in [0.29, 0.717) is 16.6 Å². The number of anilines is 1. The fourth-order valence-electron chi connectivity index (χ4n) is 4.09. The molecule has 1 aromatic carbocycles. The molecule has 1 N–H and O–H groups in total. The maximum Gasteiger partial charge on any atom is 0.411 e. The van der Waals surface area contributed by atoms with Gasteiger partial charge in [0.05, 0.1) is 6.04 Å². The van der Waals surface area contributed by atoms with Crippen LogP contribution in [0.5, 0.6) is 0 Å². The summed E-state index contributed by atoms with van der Waals surface area (Å²) in [5.41, 5.74) is 1.86. The predicted molar refractivity (Wildman–Crippen MR) is 101 cm³/mol. The molecule has 1 amide bonds. The Hall–Kier alpha value is -2.11. The van der Waals surface area contributed by atoms with Gasteiger partial charge in [0, 0.05) is 29.0 Å². The van der Waals surface area contributed by atoms with Crippen molar-refractivity contribution in [3.63, 3.8) is 0 Å². The number of amides is 1. The highest BCUT2D eigenvalue weighted by molar-refractivity contribution is 6.30. The summed E-state index contributed by atoms with van der Waals surface area (Å²) < 4.78 is 5.90. The molecular weight excluding hydrogens is 350 g/mol. The van der Waals surface area contributed by atoms with Crippen LogP contribution in [0.25, 0.3) is 0 Å². The van der Waals surface area contributed by atoms with Gasteiger partial charge in [0.1, 0.15) is 6.10 Å². The lowest BCUT2D eigenvalue weighted by Crippen LogP contribution is -2.60. The summed E-state index contributed by atoms with van der Waals surface area (Å²) in [6.45, 7) is 2.16. The summed E-state index contributed by atoms with van der Waals surface area (Å²) in [6, 6.07) is 11.3. The van der Waals surface area contributed by atoms with Crippen LogP contribution in [0.1, 0.15) is 18.4 Å². The third kappa shape index (κ3) is 3.84. The Labute approximate surface area is 158 Å². The number of rotatable bonds is 4. The number of nitrogens with one attached hydrogen (secondary N) is 1. The van der Waals surface area contributed by atoms with Gasteiger partial charge in [-0.25, -0.2) is 4.79 Å². The van der Waals surface area contributed by atoms with E-state index in [1.165, 1.54) is 5.56 Å². The van der Waals surface area contributed by atoms with Crippen LogP contribution >= 0.6 is 11.6 Å². The Morgan fingerprint density at radius 1 is 1.23 bits per heavy atom. The Balaban J connectivity index is 1.45. The molecule has 3 aliphatic rings. The quantitative estimate of drug-likeness (QED) is 0.882. The van der Waals surface area contributed by atoms with E-state index in [4.69, 9.17) is 16.3 Å². The topological polar surface area (TPSA) is 54.5 Å². The smallest absolute Gasteiger partial charge is 0.411 e. The van der Waals surface area contributed by atoms with Crippen molar-refractivity contribution in [2.24, 2.45) is 5.92 Å². The van der Waals surface area contributed by atoms with Gasteiger partial charge < -0.3 is 4.74 Å². The standard InChI is InChI=1S/C20H22ClN3O2/c21-16-3-5-17(6-4-16)23-20(25)26-19-15-7-10-24(11-8-15)18(19)12-14-2-1-9-22-13-14/h1-6,9,13,15,18-19H,7-8,10-12H2,(H,23,25)/t18-,19-/m1/s1. The van der Waals surface area contributed by atoms with Crippen molar-refractivity contribution < 1.29 is 9.53 Å². The summed E-state index contributed by atoms with van der Waals surface area (Å²) in [5, 5.41) is 3.45. The van der Waals surface area contributed by atoms with Gasteiger partial charge in [0.15, 0.2) is 0 Å². The Morgan fingerprint density at radius 2 is 2.00 bits per heavy atom. The molecule has 2 atom stereocenters. The van der Waals surface area contributed by atoms with Crippen molar-refractivity contribution in [2.75, 3.05) is 18.4 Å². The van der Waals surface area contributed by atoms with E-state index in [1.807, 2.05) is 12.3 Å². The SMILES string of the molecule is O=C(Nc1ccc(Cl)cc1)O[C@@H]1C2CCN(CC2)[C@@H]1Cc1cccnc1. The van der Waals surface area contributed by atoms with Gasteiger partial charge in [-0.05, 0) is 68.2 Å². The molecule has 6 heteroatoms. The van der Waals surface area contributed by atoms with Crippen LogP contribution in [0.3, 0.4) is 0 Å². The van der Waals surface area contributed by atoms with Crippen molar-refractivity contribution in [3.05, 3.63) is 59.4 Å². The number of nitrogens with zero attached hydrogens (tertiary/aromatic N) is 2. The van der Waals surface area contributed by atoms with Crippen molar-refractivity contribution in [1.82, 2.24) is 9.88 Å². The lowest BCUT2D eigenvalue weighted by molar-refractivity contribution is -0.0741. The minimum absolute atomic E-state index is 0.0926. The van der Waals surface area contributed by atoms with Crippen molar-refractivity contribution in [2.45, 2.75) is 31.4 Å². The van der Waals surface area contributed by atoms with Crippen LogP contribution in [-0.2, 0) is 11.2 Å². The summed E-state index contributed by atoms with van der Waals surface area (Å²) in [5.74, 6) is 0.428. The number of benzene rings is 1. The third-order valence-corrected chi connectivity index (χ3v) is 5.64. The van der Waals surface area contributed by atoms with E-state index < -0.39 is 6.09 Å². The monoisotopic (exact) mass is 371 g/mol. The Morgan fingerprint density at radius 3 is 2.69 bits per heavy atom. The largest absolute Gasteiger partial charge is 0.444 e. The minimum Gasteiger partial charge on any atom is -0.444 e. The highest BCUT2D eigenvalue weighted by atomic mass is 35.5. The average Bonchev–Trinajstić information content (AvgIpc) is 2.67. The van der Waals surface area contributed by atoms with Gasteiger partial charge in [-0.1, -0.05) is 17.7 Å². The number of fused-ring (bicyclic) bond motifs is 3. The molecule has 0 aliphatic carbocycles. The van der Waals surface area contributed by atoms with Crippen molar-refractivity contribution >= 4 is 23.4 Å². The third-order valence-electron chi connectivity index (χ3n) is 5.39. The average molecular weight is 372 g/mol. The highest BCUT2D eigenvalue weighted by Gasteiger charge is 2.44. The molecule has 2 aromatic rings. The number of carbonyl (C=O) groups excluding carboxylic acids is 1. The highest BCUT2D eigenvalue weighted by Crippen LogP contribution is 2.36. The fourth-order valence-corrected chi connectivity index (χ4v) is 4.21. The molecule has 0 spiro atoms. The number of carbonyl (C=O) groups is 1. The van der Waals surface area contributed by atoms with E-state index in [9.17, 15) is 4.79 Å². The Bertz CT molecular complexity index is 745. The second kappa shape index (κ2) is 7.64. The first-order valence-electron chi connectivity index (χ1n) is 9.05. The summed E-state index contributed by atoms with van der Waals surface area (Å²) in [7, 11) is 0. The minimum atomic E-state index is -0.401. The molecule has 5 rings (SSSR count). The van der Waals surface area contributed by atoms with Gasteiger partial charge >= 0.3 is 6.09 Å². The molecule has 26 heavy (non-hydrogen) atoms. The summed E-state index contributed by atoms with van der Waals surface area (Å²) >= 11 is 5.89. The predicted octanol–water partition coefficient (Wildman–Crippen LogP) is 3.99. The van der Waals surface area contributed by atoms with E-state index in [0.717, 1.165) is 32.4 Å². The second-order valence-electron chi connectivity index (χ2n) is 7.01. The molecule has 3 fully saturated rings. The maximum atomic E-state index is 12.4. The normalized spacial score (nSPS) is 27.1. The number of hydrogen-bond acceptors (Lipinski definition) is 4. The van der Waals surface area contributed by atoms with Crippen LogP contribution in [0.4, 0.5) is 10.5 Å². The number of ether oxygens (including phenoxy) is 1. The van der Waals surface area contributed by atoms with E-state index >= 15 is 0 Å². The first-order valence-corrected chi connectivity index (χ1v) is 9.43. The number of hydrogen-bond donors (Lipinski definition) is 1. The van der Waals surface area contributed by atoms with Crippen LogP contribution in [0.2, 0.25) is 5.02 Å². The van der Waals surface area contributed by atoms with Gasteiger partial charge in [-0.2, -0.15) is 0 Å². The molecule has 4 heterocycles. The van der Waals surface area contributed by atoms with Crippen LogP contribution < -0.4 is 5.32 Å². The van der Waals surface area contributed by atoms with Gasteiger partial charge in [0.2, 0.25) is 0 Å². The van der Waals surface area contributed by atoms with E-state index in [-0.39, 0.29) is 12.1 Å². The lowest BCUT2D eigenvalue weighted by atomic mass is 9.78. The van der Waals surface area contributed by atoms with Gasteiger partial charge in [0.25, 0.3) is 0 Å².